The van der Waals surface area contributed by atoms with Crippen molar-refractivity contribution in [3.8, 4) is 22.5 Å². The molecule has 0 bridgehead atoms. The van der Waals surface area contributed by atoms with Crippen LogP contribution < -0.4 is 0 Å². The standard InChI is InChI=1S/C19H13F2N3/c1-12-2-4-13(5-3-12)17-11-24-7-6-22-18(19(24)23-17)14-8-15(20)10-16(21)9-14/h2-11H,1H3. The molecule has 5 heteroatoms. The molecule has 24 heavy (non-hydrogen) atoms. The van der Waals surface area contributed by atoms with Gasteiger partial charge in [0.05, 0.1) is 5.69 Å². The highest BCUT2D eigenvalue weighted by atomic mass is 19.1. The first kappa shape index (κ1) is 14.5. The van der Waals surface area contributed by atoms with E-state index in [0.717, 1.165) is 17.3 Å². The Balaban J connectivity index is 1.90. The van der Waals surface area contributed by atoms with Gasteiger partial charge in [0.1, 0.15) is 17.3 Å². The molecule has 0 saturated carbocycles. The third-order valence-corrected chi connectivity index (χ3v) is 3.86. The number of halogens is 2. The molecule has 3 nitrogen and oxygen atoms in total. The Hall–Kier alpha value is -3.08. The molecular formula is C19H13F2N3. The number of hydrogen-bond acceptors (Lipinski definition) is 2. The quantitative estimate of drug-likeness (QED) is 0.538. The zero-order valence-corrected chi connectivity index (χ0v) is 12.9. The molecule has 0 spiro atoms. The van der Waals surface area contributed by atoms with Crippen LogP contribution in [0.2, 0.25) is 0 Å². The minimum Gasteiger partial charge on any atom is -0.303 e. The van der Waals surface area contributed by atoms with Crippen molar-refractivity contribution in [1.82, 2.24) is 14.4 Å². The van der Waals surface area contributed by atoms with Crippen LogP contribution in [0.5, 0.6) is 0 Å². The molecular weight excluding hydrogens is 308 g/mol. The first-order valence-corrected chi connectivity index (χ1v) is 7.47. The first-order valence-electron chi connectivity index (χ1n) is 7.47. The van der Waals surface area contributed by atoms with E-state index >= 15 is 0 Å². The van der Waals surface area contributed by atoms with Crippen LogP contribution in [0.15, 0.2) is 61.1 Å². The van der Waals surface area contributed by atoms with Crippen molar-refractivity contribution in [2.24, 2.45) is 0 Å². The van der Waals surface area contributed by atoms with Gasteiger partial charge in [0.25, 0.3) is 0 Å². The molecule has 0 aliphatic heterocycles. The fraction of sp³-hybridized carbons (Fsp3) is 0.0526. The van der Waals surface area contributed by atoms with E-state index in [2.05, 4.69) is 9.97 Å². The van der Waals surface area contributed by atoms with E-state index < -0.39 is 11.6 Å². The molecule has 0 saturated heterocycles. The summed E-state index contributed by atoms with van der Waals surface area (Å²) in [4.78, 5) is 8.87. The second-order valence-electron chi connectivity index (χ2n) is 5.66. The highest BCUT2D eigenvalue weighted by Gasteiger charge is 2.12. The monoisotopic (exact) mass is 321 g/mol. The summed E-state index contributed by atoms with van der Waals surface area (Å²) < 4.78 is 28.9. The van der Waals surface area contributed by atoms with Crippen LogP contribution in [0, 0.1) is 18.6 Å². The molecule has 0 fully saturated rings. The smallest absolute Gasteiger partial charge is 0.164 e. The molecule has 0 radical (unpaired) electrons. The van der Waals surface area contributed by atoms with Crippen LogP contribution in [0.4, 0.5) is 8.78 Å². The zero-order valence-electron chi connectivity index (χ0n) is 12.9. The van der Waals surface area contributed by atoms with Crippen LogP contribution >= 0.6 is 0 Å². The van der Waals surface area contributed by atoms with Gasteiger partial charge in [-0.1, -0.05) is 29.8 Å². The van der Waals surface area contributed by atoms with Crippen molar-refractivity contribution in [1.29, 1.82) is 0 Å². The highest BCUT2D eigenvalue weighted by molar-refractivity contribution is 5.76. The van der Waals surface area contributed by atoms with Crippen LogP contribution in [0.3, 0.4) is 0 Å². The predicted octanol–water partition coefficient (Wildman–Crippen LogP) is 4.65. The zero-order chi connectivity index (χ0) is 16.7. The molecule has 0 unspecified atom stereocenters. The normalized spacial score (nSPS) is 11.1. The summed E-state index contributed by atoms with van der Waals surface area (Å²) in [5.74, 6) is -1.28. The minimum absolute atomic E-state index is 0.360. The Kier molecular flexibility index (Phi) is 3.34. The van der Waals surface area contributed by atoms with Crippen LogP contribution in [-0.4, -0.2) is 14.4 Å². The number of aryl methyl sites for hydroxylation is 1. The Bertz CT molecular complexity index is 1020. The van der Waals surface area contributed by atoms with Gasteiger partial charge in [0.15, 0.2) is 5.65 Å². The van der Waals surface area contributed by atoms with Crippen molar-refractivity contribution in [2.45, 2.75) is 6.92 Å². The average Bonchev–Trinajstić information content (AvgIpc) is 2.98. The van der Waals surface area contributed by atoms with Gasteiger partial charge >= 0.3 is 0 Å². The van der Waals surface area contributed by atoms with Crippen molar-refractivity contribution in [2.75, 3.05) is 0 Å². The van der Waals surface area contributed by atoms with Gasteiger partial charge in [-0.25, -0.2) is 13.8 Å². The van der Waals surface area contributed by atoms with Gasteiger partial charge in [0.2, 0.25) is 0 Å². The van der Waals surface area contributed by atoms with Gasteiger partial charge in [0, 0.05) is 35.8 Å². The van der Waals surface area contributed by atoms with Gasteiger partial charge < -0.3 is 4.40 Å². The van der Waals surface area contributed by atoms with E-state index in [1.165, 1.54) is 17.7 Å². The Morgan fingerprint density at radius 1 is 0.917 bits per heavy atom. The molecule has 0 aliphatic rings. The Morgan fingerprint density at radius 3 is 2.33 bits per heavy atom. The highest BCUT2D eigenvalue weighted by Crippen LogP contribution is 2.26. The lowest BCUT2D eigenvalue weighted by molar-refractivity contribution is 0.584. The lowest BCUT2D eigenvalue weighted by atomic mass is 10.1. The number of nitrogens with zero attached hydrogens (tertiary/aromatic N) is 3. The number of imidazole rings is 1. The summed E-state index contributed by atoms with van der Waals surface area (Å²) in [5.41, 5.74) is 4.27. The second-order valence-corrected chi connectivity index (χ2v) is 5.66. The van der Waals surface area contributed by atoms with E-state index in [9.17, 15) is 8.78 Å². The van der Waals surface area contributed by atoms with E-state index in [1.807, 2.05) is 37.4 Å². The van der Waals surface area contributed by atoms with Gasteiger partial charge in [-0.15, -0.1) is 0 Å². The third kappa shape index (κ3) is 2.54. The summed E-state index contributed by atoms with van der Waals surface area (Å²) in [7, 11) is 0. The molecule has 2 heterocycles. The number of benzene rings is 2. The summed E-state index contributed by atoms with van der Waals surface area (Å²) in [5, 5.41) is 0. The van der Waals surface area contributed by atoms with E-state index in [0.29, 0.717) is 16.9 Å². The van der Waals surface area contributed by atoms with Crippen LogP contribution in [0.25, 0.3) is 28.2 Å². The van der Waals surface area contributed by atoms with Gasteiger partial charge in [-0.05, 0) is 19.1 Å². The lowest BCUT2D eigenvalue weighted by Gasteiger charge is -2.03. The Labute approximate surface area is 137 Å². The molecule has 2 aromatic heterocycles. The van der Waals surface area contributed by atoms with E-state index in [4.69, 9.17) is 0 Å². The fourth-order valence-corrected chi connectivity index (χ4v) is 2.68. The summed E-state index contributed by atoms with van der Waals surface area (Å²) in [6, 6.07) is 11.4. The van der Waals surface area contributed by atoms with Crippen molar-refractivity contribution in [3.63, 3.8) is 0 Å². The first-order chi connectivity index (χ1) is 11.6. The van der Waals surface area contributed by atoms with E-state index in [1.54, 1.807) is 16.8 Å². The molecule has 0 atom stereocenters. The second kappa shape index (κ2) is 5.53. The topological polar surface area (TPSA) is 30.2 Å². The summed E-state index contributed by atoms with van der Waals surface area (Å²) in [6.07, 6.45) is 5.23. The van der Waals surface area contributed by atoms with Crippen molar-refractivity contribution < 1.29 is 8.78 Å². The molecule has 118 valence electrons. The van der Waals surface area contributed by atoms with E-state index in [-0.39, 0.29) is 0 Å². The predicted molar refractivity (Wildman–Crippen MR) is 88.5 cm³/mol. The van der Waals surface area contributed by atoms with Crippen LogP contribution in [0.1, 0.15) is 5.56 Å². The lowest BCUT2D eigenvalue weighted by Crippen LogP contribution is -1.92. The van der Waals surface area contributed by atoms with Crippen LogP contribution in [-0.2, 0) is 0 Å². The van der Waals surface area contributed by atoms with Gasteiger partial charge in [-0.3, -0.25) is 4.98 Å². The average molecular weight is 321 g/mol. The Morgan fingerprint density at radius 2 is 1.62 bits per heavy atom. The van der Waals surface area contributed by atoms with Crippen molar-refractivity contribution in [3.05, 3.63) is 78.3 Å². The molecule has 0 amide bonds. The van der Waals surface area contributed by atoms with Crippen molar-refractivity contribution >= 4 is 5.65 Å². The fourth-order valence-electron chi connectivity index (χ4n) is 2.68. The minimum atomic E-state index is -0.640. The maximum Gasteiger partial charge on any atom is 0.164 e. The molecule has 4 aromatic rings. The number of hydrogen-bond donors (Lipinski definition) is 0. The molecule has 2 aromatic carbocycles. The number of aromatic nitrogens is 3. The SMILES string of the molecule is Cc1ccc(-c2cn3ccnc(-c4cc(F)cc(F)c4)c3n2)cc1. The molecule has 4 rings (SSSR count). The molecule has 0 aliphatic carbocycles. The summed E-state index contributed by atoms with van der Waals surface area (Å²) >= 11 is 0. The third-order valence-electron chi connectivity index (χ3n) is 3.86. The van der Waals surface area contributed by atoms with Gasteiger partial charge in [-0.2, -0.15) is 0 Å². The summed E-state index contributed by atoms with van der Waals surface area (Å²) in [6.45, 7) is 2.02. The number of fused-ring (bicyclic) bond motifs is 1. The maximum absolute atomic E-state index is 13.5. The largest absolute Gasteiger partial charge is 0.303 e. The maximum atomic E-state index is 13.5. The molecule has 0 N–H and O–H groups in total. The number of rotatable bonds is 2.